The molecule has 10 heteroatoms. The number of halogens is 1. The molecule has 0 aliphatic heterocycles. The molecule has 0 spiro atoms. The minimum Gasteiger partial charge on any atom is -0.496 e. The third kappa shape index (κ3) is 7.53. The zero-order valence-corrected chi connectivity index (χ0v) is 28.1. The Kier molecular flexibility index (Phi) is 9.85. The van der Waals surface area contributed by atoms with Crippen LogP contribution < -0.4 is 20.1 Å². The zero-order valence-electron chi connectivity index (χ0n) is 28.1. The second kappa shape index (κ2) is 14.2. The number of ether oxygens (including phenoxy) is 3. The van der Waals surface area contributed by atoms with Gasteiger partial charge in [-0.2, -0.15) is 0 Å². The fourth-order valence-corrected chi connectivity index (χ4v) is 6.67. The number of fused-ring (bicyclic) bond motifs is 1. The first-order chi connectivity index (χ1) is 23.6. The van der Waals surface area contributed by atoms with Crippen molar-refractivity contribution in [3.05, 3.63) is 95.6 Å². The lowest BCUT2D eigenvalue weighted by Gasteiger charge is -2.38. The number of nitrogens with one attached hydrogen (secondary N) is 2. The van der Waals surface area contributed by atoms with Crippen LogP contribution in [0.4, 0.5) is 10.1 Å². The molecule has 2 saturated carbocycles. The molecule has 0 bridgehead atoms. The van der Waals surface area contributed by atoms with Gasteiger partial charge < -0.3 is 24.8 Å². The van der Waals surface area contributed by atoms with E-state index < -0.39 is 17.1 Å². The fraction of sp³-hybridized carbons (Fsp3) is 0.385. The molecule has 0 saturated heterocycles. The molecule has 6 rings (SSSR count). The molecule has 2 fully saturated rings. The number of esters is 1. The van der Waals surface area contributed by atoms with E-state index in [1.165, 1.54) is 25.6 Å². The number of nitrogens with zero attached hydrogens (tertiary/aromatic N) is 1. The van der Waals surface area contributed by atoms with Gasteiger partial charge >= 0.3 is 5.97 Å². The molecule has 0 atom stereocenters. The van der Waals surface area contributed by atoms with E-state index in [4.69, 9.17) is 14.2 Å². The number of rotatable bonds is 11. The van der Waals surface area contributed by atoms with Crippen LogP contribution in [0.15, 0.2) is 73.1 Å². The van der Waals surface area contributed by atoms with Crippen molar-refractivity contribution in [1.82, 2.24) is 10.3 Å². The quantitative estimate of drug-likeness (QED) is 0.158. The Morgan fingerprint density at radius 1 is 0.918 bits per heavy atom. The van der Waals surface area contributed by atoms with Crippen molar-refractivity contribution in [3.63, 3.8) is 0 Å². The number of pyridine rings is 1. The molecule has 2 N–H and O–H groups in total. The van der Waals surface area contributed by atoms with Crippen molar-refractivity contribution in [2.45, 2.75) is 71.5 Å². The van der Waals surface area contributed by atoms with Crippen LogP contribution in [0.3, 0.4) is 0 Å². The first-order valence-corrected chi connectivity index (χ1v) is 16.8. The van der Waals surface area contributed by atoms with Gasteiger partial charge in [0, 0.05) is 18.8 Å². The van der Waals surface area contributed by atoms with Crippen LogP contribution in [0.2, 0.25) is 0 Å². The van der Waals surface area contributed by atoms with Gasteiger partial charge in [-0.1, -0.05) is 55.8 Å². The van der Waals surface area contributed by atoms with Gasteiger partial charge in [0.05, 0.1) is 41.6 Å². The van der Waals surface area contributed by atoms with Gasteiger partial charge in [0.25, 0.3) is 11.8 Å². The van der Waals surface area contributed by atoms with Crippen LogP contribution in [0, 0.1) is 16.6 Å². The van der Waals surface area contributed by atoms with Crippen molar-refractivity contribution in [2.75, 3.05) is 19.0 Å². The first-order valence-electron chi connectivity index (χ1n) is 16.8. The number of carbonyl (C=O) groups excluding carboxylic acids is 3. The van der Waals surface area contributed by atoms with E-state index in [9.17, 15) is 14.4 Å². The van der Waals surface area contributed by atoms with Gasteiger partial charge in [-0.15, -0.1) is 0 Å². The zero-order chi connectivity index (χ0) is 34.6. The average molecular weight is 668 g/mol. The maximum Gasteiger partial charge on any atom is 0.312 e. The SMILES string of the molecule is COc1cc(F)c(O[C@H]2CC[C@@](C)(C(=O)OCc3cccc4ccccc34)CC2)cc1C(=O)Nc1cnccc1C(=O)NCC1(C)CCC1. The van der Waals surface area contributed by atoms with Gasteiger partial charge in [0.15, 0.2) is 11.6 Å². The van der Waals surface area contributed by atoms with Crippen molar-refractivity contribution in [3.8, 4) is 11.5 Å². The average Bonchev–Trinajstić information content (AvgIpc) is 3.10. The molecule has 2 amide bonds. The Balaban J connectivity index is 1.08. The predicted octanol–water partition coefficient (Wildman–Crippen LogP) is 7.63. The summed E-state index contributed by atoms with van der Waals surface area (Å²) in [5, 5.41) is 7.85. The van der Waals surface area contributed by atoms with E-state index in [2.05, 4.69) is 22.5 Å². The first kappa shape index (κ1) is 33.9. The molecule has 0 unspecified atom stereocenters. The van der Waals surface area contributed by atoms with E-state index in [0.717, 1.165) is 41.7 Å². The summed E-state index contributed by atoms with van der Waals surface area (Å²) in [7, 11) is 1.34. The number of hydrogen-bond donors (Lipinski definition) is 2. The number of amides is 2. The molecule has 2 aliphatic rings. The summed E-state index contributed by atoms with van der Waals surface area (Å²) >= 11 is 0. The Bertz CT molecular complexity index is 1860. The third-order valence-electron chi connectivity index (χ3n) is 10.1. The molecule has 3 aromatic carbocycles. The normalized spacial score (nSPS) is 19.7. The topological polar surface area (TPSA) is 116 Å². The second-order valence-corrected chi connectivity index (χ2v) is 13.8. The number of aromatic nitrogens is 1. The Hall–Kier alpha value is -4.99. The highest BCUT2D eigenvalue weighted by molar-refractivity contribution is 6.10. The molecule has 1 heterocycles. The predicted molar refractivity (Wildman–Crippen MR) is 184 cm³/mol. The van der Waals surface area contributed by atoms with Crippen molar-refractivity contribution in [1.29, 1.82) is 0 Å². The summed E-state index contributed by atoms with van der Waals surface area (Å²) in [6.07, 6.45) is 7.78. The maximum atomic E-state index is 15.2. The maximum absolute atomic E-state index is 15.2. The number of methoxy groups -OCH3 is 1. The van der Waals surface area contributed by atoms with E-state index >= 15 is 4.39 Å². The smallest absolute Gasteiger partial charge is 0.312 e. The molecular weight excluding hydrogens is 625 g/mol. The third-order valence-corrected chi connectivity index (χ3v) is 10.1. The standard InChI is InChI=1S/C39H42FN3O6/c1-38(15-7-16-38)24-42-35(44)29-14-19-41-22-32(29)43-36(45)30-20-34(31(40)21-33(30)47-3)49-27-12-17-39(2,18-13-27)37(46)48-23-26-10-6-9-25-8-4-5-11-28(25)26/h4-6,8-11,14,19-22,27H,7,12-13,15-18,23-24H2,1-3H3,(H,42,44)(H,43,45)/t27-,39+. The number of anilines is 1. The van der Waals surface area contributed by atoms with Crippen LogP contribution >= 0.6 is 0 Å². The Labute approximate surface area is 285 Å². The summed E-state index contributed by atoms with van der Waals surface area (Å²) in [6.45, 7) is 4.76. The van der Waals surface area contributed by atoms with Gasteiger partial charge in [-0.05, 0) is 79.3 Å². The molecule has 9 nitrogen and oxygen atoms in total. The summed E-state index contributed by atoms with van der Waals surface area (Å²) in [6, 6.07) is 17.9. The molecule has 2 aliphatic carbocycles. The Morgan fingerprint density at radius 3 is 2.41 bits per heavy atom. The summed E-state index contributed by atoms with van der Waals surface area (Å²) in [5.41, 5.74) is 0.859. The highest BCUT2D eigenvalue weighted by atomic mass is 19.1. The van der Waals surface area contributed by atoms with Crippen LogP contribution in [-0.4, -0.2) is 42.5 Å². The molecule has 1 aromatic heterocycles. The Morgan fingerprint density at radius 2 is 1.67 bits per heavy atom. The lowest BCUT2D eigenvalue weighted by atomic mass is 9.70. The highest BCUT2D eigenvalue weighted by Crippen LogP contribution is 2.41. The van der Waals surface area contributed by atoms with Gasteiger partial charge in [0.1, 0.15) is 12.4 Å². The molecular formula is C39H42FN3O6. The van der Waals surface area contributed by atoms with Crippen LogP contribution in [-0.2, 0) is 16.1 Å². The molecule has 4 aromatic rings. The number of carbonyl (C=O) groups is 3. The van der Waals surface area contributed by atoms with Crippen molar-refractivity contribution >= 4 is 34.2 Å². The van der Waals surface area contributed by atoms with E-state index in [1.807, 2.05) is 49.4 Å². The minimum absolute atomic E-state index is 0.0142. The monoisotopic (exact) mass is 667 g/mol. The van der Waals surface area contributed by atoms with Gasteiger partial charge in [-0.3, -0.25) is 19.4 Å². The van der Waals surface area contributed by atoms with Crippen LogP contribution in [0.5, 0.6) is 11.5 Å². The summed E-state index contributed by atoms with van der Waals surface area (Å²) < 4.78 is 32.4. The van der Waals surface area contributed by atoms with Gasteiger partial charge in [-0.25, -0.2) is 4.39 Å². The second-order valence-electron chi connectivity index (χ2n) is 13.8. The molecule has 0 radical (unpaired) electrons. The van der Waals surface area contributed by atoms with E-state index in [-0.39, 0.29) is 58.3 Å². The summed E-state index contributed by atoms with van der Waals surface area (Å²) in [4.78, 5) is 43.9. The van der Waals surface area contributed by atoms with Crippen LogP contribution in [0.25, 0.3) is 10.8 Å². The molecule has 49 heavy (non-hydrogen) atoms. The number of benzene rings is 3. The largest absolute Gasteiger partial charge is 0.496 e. The van der Waals surface area contributed by atoms with Gasteiger partial charge in [0.2, 0.25) is 0 Å². The highest BCUT2D eigenvalue weighted by Gasteiger charge is 2.40. The van der Waals surface area contributed by atoms with E-state index in [1.54, 1.807) is 6.07 Å². The lowest BCUT2D eigenvalue weighted by Crippen LogP contribution is -2.40. The van der Waals surface area contributed by atoms with Crippen molar-refractivity contribution < 1.29 is 33.0 Å². The minimum atomic E-state index is -0.697. The fourth-order valence-electron chi connectivity index (χ4n) is 6.67. The van der Waals surface area contributed by atoms with Crippen LogP contribution in [0.1, 0.15) is 85.1 Å². The summed E-state index contributed by atoms with van der Waals surface area (Å²) in [5.74, 6) is -1.96. The van der Waals surface area contributed by atoms with Crippen molar-refractivity contribution in [2.24, 2.45) is 10.8 Å². The number of hydrogen-bond acceptors (Lipinski definition) is 7. The molecule has 256 valence electrons. The lowest BCUT2D eigenvalue weighted by molar-refractivity contribution is -0.159. The van der Waals surface area contributed by atoms with E-state index in [0.29, 0.717) is 32.2 Å².